The van der Waals surface area contributed by atoms with Crippen molar-refractivity contribution in [3.8, 4) is 5.75 Å². The highest BCUT2D eigenvalue weighted by atomic mass is 16.5. The Balaban J connectivity index is 2.01. The van der Waals surface area contributed by atoms with Crippen LogP contribution in [0, 0.1) is 0 Å². The third-order valence-electron chi connectivity index (χ3n) is 3.43. The van der Waals surface area contributed by atoms with Crippen LogP contribution in [0.15, 0.2) is 24.3 Å². The largest absolute Gasteiger partial charge is 0.488 e. The van der Waals surface area contributed by atoms with Gasteiger partial charge in [-0.05, 0) is 50.3 Å². The molecule has 1 aromatic carbocycles. The molecule has 1 aromatic rings. The number of hydrogen-bond acceptors (Lipinski definition) is 2. The maximum atomic E-state index is 6.10. The van der Waals surface area contributed by atoms with Crippen molar-refractivity contribution in [2.24, 2.45) is 5.73 Å². The maximum Gasteiger partial charge on any atom is 0.120 e. The molecule has 2 nitrogen and oxygen atoms in total. The van der Waals surface area contributed by atoms with Gasteiger partial charge in [-0.3, -0.25) is 0 Å². The summed E-state index contributed by atoms with van der Waals surface area (Å²) in [4.78, 5) is 0. The van der Waals surface area contributed by atoms with Gasteiger partial charge in [-0.15, -0.1) is 0 Å². The van der Waals surface area contributed by atoms with Gasteiger partial charge in [0.1, 0.15) is 11.4 Å². The van der Waals surface area contributed by atoms with Gasteiger partial charge in [-0.1, -0.05) is 18.6 Å². The van der Waals surface area contributed by atoms with Crippen molar-refractivity contribution in [3.63, 3.8) is 0 Å². The zero-order valence-corrected chi connectivity index (χ0v) is 10.0. The van der Waals surface area contributed by atoms with Crippen LogP contribution in [0.2, 0.25) is 0 Å². The van der Waals surface area contributed by atoms with E-state index in [-0.39, 0.29) is 5.60 Å². The maximum absolute atomic E-state index is 6.10. The predicted octanol–water partition coefficient (Wildman–Crippen LogP) is 3.25. The van der Waals surface area contributed by atoms with E-state index < -0.39 is 0 Å². The Labute approximate surface area is 97.8 Å². The third-order valence-corrected chi connectivity index (χ3v) is 3.43. The fourth-order valence-corrected chi connectivity index (χ4v) is 2.38. The number of ether oxygens (including phenoxy) is 1. The summed E-state index contributed by atoms with van der Waals surface area (Å²) in [7, 11) is 0. The van der Waals surface area contributed by atoms with E-state index in [1.165, 1.54) is 32.1 Å². The Kier molecular flexibility index (Phi) is 3.49. The lowest BCUT2D eigenvalue weighted by Crippen LogP contribution is -2.34. The highest BCUT2D eigenvalue weighted by molar-refractivity contribution is 5.27. The molecule has 1 fully saturated rings. The SMILES string of the molecule is CC1(Oc2ccc(CN)cc2)CCCCC1. The fourth-order valence-electron chi connectivity index (χ4n) is 2.38. The van der Waals surface area contributed by atoms with E-state index in [2.05, 4.69) is 6.92 Å². The summed E-state index contributed by atoms with van der Waals surface area (Å²) in [5.74, 6) is 0.974. The molecule has 0 atom stereocenters. The van der Waals surface area contributed by atoms with Gasteiger partial charge in [0, 0.05) is 6.54 Å². The molecular weight excluding hydrogens is 198 g/mol. The van der Waals surface area contributed by atoms with Gasteiger partial charge >= 0.3 is 0 Å². The third kappa shape index (κ3) is 2.76. The lowest BCUT2D eigenvalue weighted by molar-refractivity contribution is 0.0487. The fraction of sp³-hybridized carbons (Fsp3) is 0.571. The molecule has 0 aromatic heterocycles. The van der Waals surface area contributed by atoms with Gasteiger partial charge < -0.3 is 10.5 Å². The molecule has 88 valence electrons. The number of benzene rings is 1. The van der Waals surface area contributed by atoms with Crippen molar-refractivity contribution in [1.82, 2.24) is 0 Å². The molecule has 2 heteroatoms. The van der Waals surface area contributed by atoms with Crippen LogP contribution in [0.3, 0.4) is 0 Å². The summed E-state index contributed by atoms with van der Waals surface area (Å²) < 4.78 is 6.10. The van der Waals surface area contributed by atoms with Crippen molar-refractivity contribution in [2.45, 2.75) is 51.2 Å². The molecule has 0 saturated heterocycles. The Bertz CT molecular complexity index is 325. The molecule has 2 N–H and O–H groups in total. The van der Waals surface area contributed by atoms with Crippen molar-refractivity contribution < 1.29 is 4.74 Å². The van der Waals surface area contributed by atoms with Gasteiger partial charge in [0.15, 0.2) is 0 Å². The van der Waals surface area contributed by atoms with Crippen LogP contribution in [-0.4, -0.2) is 5.60 Å². The second-order valence-electron chi connectivity index (χ2n) is 4.96. The second kappa shape index (κ2) is 4.88. The quantitative estimate of drug-likeness (QED) is 0.847. The molecule has 2 rings (SSSR count). The predicted molar refractivity (Wildman–Crippen MR) is 66.5 cm³/mol. The second-order valence-corrected chi connectivity index (χ2v) is 4.96. The molecule has 16 heavy (non-hydrogen) atoms. The minimum atomic E-state index is 0.0441. The number of rotatable bonds is 3. The van der Waals surface area contributed by atoms with Gasteiger partial charge in [0.2, 0.25) is 0 Å². The zero-order chi connectivity index (χ0) is 11.4. The summed E-state index contributed by atoms with van der Waals surface area (Å²) in [5.41, 5.74) is 6.77. The van der Waals surface area contributed by atoms with Crippen LogP contribution in [0.4, 0.5) is 0 Å². The topological polar surface area (TPSA) is 35.2 Å². The van der Waals surface area contributed by atoms with E-state index in [0.717, 1.165) is 11.3 Å². The number of nitrogens with two attached hydrogens (primary N) is 1. The Morgan fingerprint density at radius 3 is 2.31 bits per heavy atom. The summed E-state index contributed by atoms with van der Waals surface area (Å²) >= 11 is 0. The van der Waals surface area contributed by atoms with Crippen molar-refractivity contribution in [3.05, 3.63) is 29.8 Å². The summed E-state index contributed by atoms with van der Waals surface area (Å²) in [6.45, 7) is 2.82. The molecule has 1 saturated carbocycles. The highest BCUT2D eigenvalue weighted by Crippen LogP contribution is 2.32. The van der Waals surface area contributed by atoms with Crippen molar-refractivity contribution in [1.29, 1.82) is 0 Å². The lowest BCUT2D eigenvalue weighted by Gasteiger charge is -2.34. The average Bonchev–Trinajstić information content (AvgIpc) is 2.30. The average molecular weight is 219 g/mol. The van der Waals surface area contributed by atoms with Crippen LogP contribution < -0.4 is 10.5 Å². The minimum absolute atomic E-state index is 0.0441. The van der Waals surface area contributed by atoms with E-state index in [4.69, 9.17) is 10.5 Å². The van der Waals surface area contributed by atoms with Crippen LogP contribution in [0.25, 0.3) is 0 Å². The normalized spacial score (nSPS) is 19.4. The summed E-state index contributed by atoms with van der Waals surface area (Å²) in [6, 6.07) is 8.15. The van der Waals surface area contributed by atoms with Gasteiger partial charge in [0.25, 0.3) is 0 Å². The first-order valence-corrected chi connectivity index (χ1v) is 6.20. The molecule has 1 aliphatic rings. The van der Waals surface area contributed by atoms with Crippen LogP contribution in [-0.2, 0) is 6.54 Å². The van der Waals surface area contributed by atoms with E-state index >= 15 is 0 Å². The molecule has 0 radical (unpaired) electrons. The Morgan fingerprint density at radius 2 is 1.75 bits per heavy atom. The van der Waals surface area contributed by atoms with E-state index in [1.54, 1.807) is 0 Å². The first-order valence-electron chi connectivity index (χ1n) is 6.20. The van der Waals surface area contributed by atoms with Crippen LogP contribution in [0.1, 0.15) is 44.6 Å². The molecule has 0 spiro atoms. The molecule has 0 heterocycles. The van der Waals surface area contributed by atoms with E-state index in [1.807, 2.05) is 24.3 Å². The molecule has 0 aliphatic heterocycles. The minimum Gasteiger partial charge on any atom is -0.488 e. The van der Waals surface area contributed by atoms with Gasteiger partial charge in [-0.25, -0.2) is 0 Å². The smallest absolute Gasteiger partial charge is 0.120 e. The van der Waals surface area contributed by atoms with E-state index in [0.29, 0.717) is 6.54 Å². The molecule has 0 bridgehead atoms. The lowest BCUT2D eigenvalue weighted by atomic mass is 9.86. The van der Waals surface area contributed by atoms with Crippen molar-refractivity contribution in [2.75, 3.05) is 0 Å². The molecule has 0 unspecified atom stereocenters. The first kappa shape index (κ1) is 11.5. The van der Waals surface area contributed by atoms with Crippen molar-refractivity contribution >= 4 is 0 Å². The Morgan fingerprint density at radius 1 is 1.12 bits per heavy atom. The molecule has 1 aliphatic carbocycles. The molecule has 0 amide bonds. The molecular formula is C14H21NO. The van der Waals surface area contributed by atoms with Gasteiger partial charge in [0.05, 0.1) is 0 Å². The van der Waals surface area contributed by atoms with Crippen LogP contribution in [0.5, 0.6) is 5.75 Å². The zero-order valence-electron chi connectivity index (χ0n) is 10.0. The van der Waals surface area contributed by atoms with E-state index in [9.17, 15) is 0 Å². The summed E-state index contributed by atoms with van der Waals surface area (Å²) in [5, 5.41) is 0. The standard InChI is InChI=1S/C14H21NO/c1-14(9-3-2-4-10-14)16-13-7-5-12(11-15)6-8-13/h5-8H,2-4,9-11,15H2,1H3. The summed E-state index contributed by atoms with van der Waals surface area (Å²) in [6.07, 6.45) is 6.27. The highest BCUT2D eigenvalue weighted by Gasteiger charge is 2.28. The van der Waals surface area contributed by atoms with Crippen LogP contribution >= 0.6 is 0 Å². The monoisotopic (exact) mass is 219 g/mol. The number of hydrogen-bond donors (Lipinski definition) is 1. The first-order chi connectivity index (χ1) is 7.72. The Hall–Kier alpha value is -1.02. The van der Waals surface area contributed by atoms with Gasteiger partial charge in [-0.2, -0.15) is 0 Å².